The third-order valence-corrected chi connectivity index (χ3v) is 5.26. The maximum absolute atomic E-state index is 13.0. The van der Waals surface area contributed by atoms with Crippen LogP contribution in [0.5, 0.6) is 0 Å². The first kappa shape index (κ1) is 19.1. The molecule has 29 heavy (non-hydrogen) atoms. The minimum atomic E-state index is -0.191. The topological polar surface area (TPSA) is 63.6 Å². The predicted molar refractivity (Wildman–Crippen MR) is 115 cm³/mol. The molecule has 3 aromatic rings. The summed E-state index contributed by atoms with van der Waals surface area (Å²) in [5, 5.41) is 9.31. The fourth-order valence-electron chi connectivity index (χ4n) is 3.77. The van der Waals surface area contributed by atoms with Crippen LogP contribution < -0.4 is 5.32 Å². The third kappa shape index (κ3) is 4.29. The fourth-order valence-corrected chi connectivity index (χ4v) is 3.77. The molecule has 0 saturated carbocycles. The van der Waals surface area contributed by atoms with Gasteiger partial charge in [0.05, 0.1) is 11.8 Å². The molecule has 0 fully saturated rings. The summed E-state index contributed by atoms with van der Waals surface area (Å²) in [5.74, 6) is 0.00135. The zero-order chi connectivity index (χ0) is 20.2. The van der Waals surface area contributed by atoms with E-state index in [1.165, 1.54) is 5.56 Å². The molecule has 0 radical (unpaired) electrons. The lowest BCUT2D eigenvalue weighted by molar-refractivity contribution is 0.0858. The predicted octanol–water partition coefficient (Wildman–Crippen LogP) is 4.38. The van der Waals surface area contributed by atoms with Crippen LogP contribution in [0, 0.1) is 5.92 Å². The maximum atomic E-state index is 13.0. The fraction of sp³-hybridized carbons (Fsp3) is 0.292. The second kappa shape index (κ2) is 8.43. The molecule has 5 nitrogen and oxygen atoms in total. The minimum absolute atomic E-state index is 0.00114. The van der Waals surface area contributed by atoms with Crippen LogP contribution in [-0.4, -0.2) is 28.7 Å². The Kier molecular flexibility index (Phi) is 5.56. The molecule has 1 aliphatic rings. The molecule has 0 saturated heterocycles. The van der Waals surface area contributed by atoms with Crippen LogP contribution in [0.4, 0.5) is 0 Å². The molecule has 2 atom stereocenters. The average Bonchev–Trinajstić information content (AvgIpc) is 3.20. The molecule has 1 amide bonds. The zero-order valence-electron chi connectivity index (χ0n) is 16.7. The summed E-state index contributed by atoms with van der Waals surface area (Å²) in [6.45, 7) is 4.16. The van der Waals surface area contributed by atoms with Crippen molar-refractivity contribution >= 4 is 22.4 Å². The number of carbonyl (C=O) groups is 1. The van der Waals surface area contributed by atoms with E-state index in [-0.39, 0.29) is 24.0 Å². The van der Waals surface area contributed by atoms with Gasteiger partial charge in [0.25, 0.3) is 5.91 Å². The Morgan fingerprint density at radius 1 is 1.10 bits per heavy atom. The summed E-state index contributed by atoms with van der Waals surface area (Å²) in [5.41, 5.74) is 2.54. The first-order valence-electron chi connectivity index (χ1n) is 10.0. The molecule has 1 unspecified atom stereocenters. The quantitative estimate of drug-likeness (QED) is 0.683. The van der Waals surface area contributed by atoms with Crippen LogP contribution >= 0.6 is 0 Å². The van der Waals surface area contributed by atoms with Crippen molar-refractivity contribution in [3.05, 3.63) is 78.1 Å². The van der Waals surface area contributed by atoms with Gasteiger partial charge in [0, 0.05) is 24.4 Å². The molecule has 0 bridgehead atoms. The summed E-state index contributed by atoms with van der Waals surface area (Å²) in [4.78, 5) is 23.0. The summed E-state index contributed by atoms with van der Waals surface area (Å²) >= 11 is 0. The Labute approximate surface area is 170 Å². The van der Waals surface area contributed by atoms with Crippen LogP contribution in [0.1, 0.15) is 36.3 Å². The van der Waals surface area contributed by atoms with E-state index in [0.717, 1.165) is 22.9 Å². The molecule has 5 heteroatoms. The summed E-state index contributed by atoms with van der Waals surface area (Å²) in [7, 11) is 0. The number of hydrogen-bond donors (Lipinski definition) is 1. The number of pyridine rings is 1. The molecule has 2 aromatic carbocycles. The van der Waals surface area contributed by atoms with Crippen molar-refractivity contribution in [1.29, 1.82) is 0 Å². The number of nitrogens with one attached hydrogen (secondary N) is 1. The van der Waals surface area contributed by atoms with Gasteiger partial charge in [0.15, 0.2) is 0 Å². The van der Waals surface area contributed by atoms with Crippen molar-refractivity contribution in [2.45, 2.75) is 38.8 Å². The second-order valence-corrected chi connectivity index (χ2v) is 7.78. The lowest BCUT2D eigenvalue weighted by atomic mass is 9.94. The van der Waals surface area contributed by atoms with Gasteiger partial charge in [-0.2, -0.15) is 0 Å². The van der Waals surface area contributed by atoms with E-state index in [1.807, 2.05) is 48.5 Å². The van der Waals surface area contributed by atoms with E-state index in [4.69, 9.17) is 4.84 Å². The van der Waals surface area contributed by atoms with Gasteiger partial charge in [0.1, 0.15) is 11.8 Å². The number of benzene rings is 2. The first-order chi connectivity index (χ1) is 14.1. The Hall–Kier alpha value is -3.21. The molecule has 2 heterocycles. The molecule has 1 aromatic heterocycles. The average molecular weight is 387 g/mol. The number of amides is 1. The molecule has 148 valence electrons. The van der Waals surface area contributed by atoms with Crippen LogP contribution in [0.2, 0.25) is 0 Å². The number of fused-ring (bicyclic) bond motifs is 1. The van der Waals surface area contributed by atoms with Crippen molar-refractivity contribution in [2.24, 2.45) is 11.1 Å². The van der Waals surface area contributed by atoms with Crippen molar-refractivity contribution < 1.29 is 9.63 Å². The van der Waals surface area contributed by atoms with Crippen molar-refractivity contribution in [3.8, 4) is 0 Å². The molecular formula is C24H25N3O2. The standard InChI is InChI=1S/C24H25N3O2/c1-16(2)22(21-15-19(29-27-21)14-17-8-4-3-5-9-17)26-24(28)23-20-11-7-6-10-18(20)12-13-25-23/h3-13,16,19,22H,14-15H2,1-2H3,(H,26,28)/t19?,22-/m0/s1. The Bertz CT molecular complexity index is 1030. The number of oxime groups is 1. The van der Waals surface area contributed by atoms with Gasteiger partial charge in [0.2, 0.25) is 0 Å². The number of carbonyl (C=O) groups excluding carboxylic acids is 1. The van der Waals surface area contributed by atoms with E-state index >= 15 is 0 Å². The lowest BCUT2D eigenvalue weighted by Crippen LogP contribution is -2.44. The normalized spacial score (nSPS) is 17.1. The van der Waals surface area contributed by atoms with Gasteiger partial charge in [-0.1, -0.05) is 73.6 Å². The first-order valence-corrected chi connectivity index (χ1v) is 10.0. The summed E-state index contributed by atoms with van der Waals surface area (Å²) < 4.78 is 0. The van der Waals surface area contributed by atoms with E-state index < -0.39 is 0 Å². The highest BCUT2D eigenvalue weighted by Crippen LogP contribution is 2.22. The molecular weight excluding hydrogens is 362 g/mol. The number of hydrogen-bond acceptors (Lipinski definition) is 4. The number of nitrogens with zero attached hydrogens (tertiary/aromatic N) is 2. The number of rotatable bonds is 6. The van der Waals surface area contributed by atoms with Crippen LogP contribution in [0.25, 0.3) is 10.8 Å². The Morgan fingerprint density at radius 2 is 1.86 bits per heavy atom. The summed E-state index contributed by atoms with van der Waals surface area (Å²) in [6.07, 6.45) is 3.19. The van der Waals surface area contributed by atoms with E-state index in [2.05, 4.69) is 41.4 Å². The zero-order valence-corrected chi connectivity index (χ0v) is 16.7. The third-order valence-electron chi connectivity index (χ3n) is 5.26. The minimum Gasteiger partial charge on any atom is -0.392 e. The van der Waals surface area contributed by atoms with Gasteiger partial charge in [-0.25, -0.2) is 0 Å². The van der Waals surface area contributed by atoms with Gasteiger partial charge < -0.3 is 10.2 Å². The van der Waals surface area contributed by atoms with Crippen molar-refractivity contribution in [1.82, 2.24) is 10.3 Å². The van der Waals surface area contributed by atoms with Crippen LogP contribution in [-0.2, 0) is 11.3 Å². The highest BCUT2D eigenvalue weighted by molar-refractivity contribution is 6.07. The Balaban J connectivity index is 1.48. The molecule has 0 aliphatic carbocycles. The van der Waals surface area contributed by atoms with Crippen molar-refractivity contribution in [2.75, 3.05) is 0 Å². The van der Waals surface area contributed by atoms with E-state index in [9.17, 15) is 4.79 Å². The SMILES string of the molecule is CC(C)[C@H](NC(=O)c1nccc2ccccc12)C1=NOC(Cc2ccccc2)C1. The van der Waals surface area contributed by atoms with Crippen LogP contribution in [0.3, 0.4) is 0 Å². The highest BCUT2D eigenvalue weighted by atomic mass is 16.6. The van der Waals surface area contributed by atoms with Gasteiger partial charge in [-0.3, -0.25) is 9.78 Å². The molecule has 1 N–H and O–H groups in total. The van der Waals surface area contributed by atoms with Gasteiger partial charge >= 0.3 is 0 Å². The summed E-state index contributed by atoms with van der Waals surface area (Å²) in [6, 6.07) is 19.8. The van der Waals surface area contributed by atoms with Gasteiger partial charge in [-0.05, 0) is 22.9 Å². The molecule has 1 aliphatic heterocycles. The molecule has 4 rings (SSSR count). The monoisotopic (exact) mass is 387 g/mol. The van der Waals surface area contributed by atoms with Gasteiger partial charge in [-0.15, -0.1) is 0 Å². The molecule has 0 spiro atoms. The maximum Gasteiger partial charge on any atom is 0.271 e. The lowest BCUT2D eigenvalue weighted by Gasteiger charge is -2.22. The van der Waals surface area contributed by atoms with Crippen molar-refractivity contribution in [3.63, 3.8) is 0 Å². The van der Waals surface area contributed by atoms with Crippen LogP contribution in [0.15, 0.2) is 72.0 Å². The largest absolute Gasteiger partial charge is 0.392 e. The number of aromatic nitrogens is 1. The Morgan fingerprint density at radius 3 is 2.66 bits per heavy atom. The van der Waals surface area contributed by atoms with E-state index in [1.54, 1.807) is 6.20 Å². The smallest absolute Gasteiger partial charge is 0.271 e. The van der Waals surface area contributed by atoms with E-state index in [0.29, 0.717) is 12.1 Å². The highest BCUT2D eigenvalue weighted by Gasteiger charge is 2.31. The second-order valence-electron chi connectivity index (χ2n) is 7.78.